The summed E-state index contributed by atoms with van der Waals surface area (Å²) >= 11 is 0. The van der Waals surface area contributed by atoms with Crippen LogP contribution in [0.25, 0.3) is 5.76 Å². The van der Waals surface area contributed by atoms with E-state index in [1.54, 1.807) is 37.4 Å². The van der Waals surface area contributed by atoms with Crippen LogP contribution in [0.2, 0.25) is 0 Å². The minimum atomic E-state index is -1.16. The van der Waals surface area contributed by atoms with Gasteiger partial charge >= 0.3 is 0 Å². The Morgan fingerprint density at radius 2 is 1.61 bits per heavy atom. The van der Waals surface area contributed by atoms with Crippen molar-refractivity contribution >= 4 is 28.8 Å². The molecule has 1 N–H and O–H groups in total. The molecule has 8 heteroatoms. The van der Waals surface area contributed by atoms with Crippen molar-refractivity contribution in [1.29, 1.82) is 0 Å². The molecule has 3 aromatic carbocycles. The van der Waals surface area contributed by atoms with Crippen LogP contribution in [0.1, 0.15) is 43.5 Å². The molecule has 6 nitrogen and oxygen atoms in total. The number of carbonyl (C=O) groups excluding carboxylic acids is 2. The predicted octanol–water partition coefficient (Wildman–Crippen LogP) is 5.96. The predicted molar refractivity (Wildman–Crippen MR) is 144 cm³/mol. The van der Waals surface area contributed by atoms with Crippen LogP contribution in [0.5, 0.6) is 5.75 Å². The van der Waals surface area contributed by atoms with Gasteiger partial charge in [0.05, 0.1) is 18.7 Å². The van der Waals surface area contributed by atoms with Crippen molar-refractivity contribution in [2.75, 3.05) is 31.0 Å². The number of Topliss-reactive ketones (excluding diaryl/α,β-unsaturated/α-hetero) is 1. The normalized spacial score (nSPS) is 17.2. The van der Waals surface area contributed by atoms with Crippen molar-refractivity contribution in [3.63, 3.8) is 0 Å². The quantitative estimate of drug-likeness (QED) is 0.255. The standard InChI is InChI=1S/C30H30F2N2O4/c1-30(2,3)21-15-18(9-14-24(21)38-6)27(35)25-26(17-7-10-19(11-8-17)33(4)5)34(29(37)28(25)36)20-12-13-22(31)23(32)16-20/h7-16,26,35H,1-6H3/b27-25-. The van der Waals surface area contributed by atoms with E-state index in [2.05, 4.69) is 0 Å². The lowest BCUT2D eigenvalue weighted by atomic mass is 9.84. The van der Waals surface area contributed by atoms with E-state index in [0.29, 0.717) is 16.9 Å². The molecule has 1 amide bonds. The van der Waals surface area contributed by atoms with Crippen LogP contribution in [0.4, 0.5) is 20.2 Å². The van der Waals surface area contributed by atoms with E-state index >= 15 is 0 Å². The van der Waals surface area contributed by atoms with E-state index in [9.17, 15) is 23.5 Å². The lowest BCUT2D eigenvalue weighted by Gasteiger charge is -2.26. The molecule has 1 fully saturated rings. The number of ketones is 1. The largest absolute Gasteiger partial charge is 0.507 e. The van der Waals surface area contributed by atoms with Gasteiger partial charge in [-0.1, -0.05) is 32.9 Å². The van der Waals surface area contributed by atoms with Crippen LogP contribution >= 0.6 is 0 Å². The second kappa shape index (κ2) is 9.93. The highest BCUT2D eigenvalue weighted by atomic mass is 19.2. The molecular formula is C30H30F2N2O4. The van der Waals surface area contributed by atoms with Crippen LogP contribution in [0.15, 0.2) is 66.2 Å². The Bertz CT molecular complexity index is 1440. The summed E-state index contributed by atoms with van der Waals surface area (Å²) in [4.78, 5) is 29.7. The van der Waals surface area contributed by atoms with Gasteiger partial charge < -0.3 is 14.7 Å². The van der Waals surface area contributed by atoms with E-state index < -0.39 is 29.4 Å². The second-order valence-corrected chi connectivity index (χ2v) is 10.4. The summed E-state index contributed by atoms with van der Waals surface area (Å²) in [5.74, 6) is -3.87. The summed E-state index contributed by atoms with van der Waals surface area (Å²) in [6.07, 6.45) is 0. The zero-order valence-electron chi connectivity index (χ0n) is 22.2. The highest BCUT2D eigenvalue weighted by molar-refractivity contribution is 6.51. The van der Waals surface area contributed by atoms with Crippen LogP contribution in [0, 0.1) is 11.6 Å². The SMILES string of the molecule is COc1ccc(/C(O)=C2/C(=O)C(=O)N(c3ccc(F)c(F)c3)C2c2ccc(N(C)C)cc2)cc1C(C)(C)C. The summed E-state index contributed by atoms with van der Waals surface area (Å²) < 4.78 is 33.4. The van der Waals surface area contributed by atoms with Gasteiger partial charge in [-0.15, -0.1) is 0 Å². The number of benzene rings is 3. The summed E-state index contributed by atoms with van der Waals surface area (Å²) in [6.45, 7) is 5.97. The van der Waals surface area contributed by atoms with Gasteiger partial charge in [-0.05, 0) is 53.4 Å². The monoisotopic (exact) mass is 520 g/mol. The van der Waals surface area contributed by atoms with Gasteiger partial charge in [0.2, 0.25) is 0 Å². The first-order valence-electron chi connectivity index (χ1n) is 12.1. The van der Waals surface area contributed by atoms with Gasteiger partial charge in [0.15, 0.2) is 11.6 Å². The number of ether oxygens (including phenoxy) is 1. The van der Waals surface area contributed by atoms with Crippen molar-refractivity contribution in [2.24, 2.45) is 0 Å². The number of hydrogen-bond acceptors (Lipinski definition) is 5. The molecule has 198 valence electrons. The van der Waals surface area contributed by atoms with E-state index in [4.69, 9.17) is 4.74 Å². The van der Waals surface area contributed by atoms with E-state index in [0.717, 1.165) is 28.3 Å². The van der Waals surface area contributed by atoms with Crippen molar-refractivity contribution in [2.45, 2.75) is 32.2 Å². The molecule has 1 aliphatic rings. The first-order valence-corrected chi connectivity index (χ1v) is 12.1. The Balaban J connectivity index is 1.96. The lowest BCUT2D eigenvalue weighted by molar-refractivity contribution is -0.132. The molecule has 1 aliphatic heterocycles. The summed E-state index contributed by atoms with van der Waals surface area (Å²) in [7, 11) is 5.30. The number of rotatable bonds is 5. The minimum Gasteiger partial charge on any atom is -0.507 e. The van der Waals surface area contributed by atoms with E-state index in [-0.39, 0.29) is 22.4 Å². The second-order valence-electron chi connectivity index (χ2n) is 10.4. The van der Waals surface area contributed by atoms with Crippen LogP contribution in [0.3, 0.4) is 0 Å². The Labute approximate surface area is 220 Å². The van der Waals surface area contributed by atoms with E-state index in [1.165, 1.54) is 6.07 Å². The summed E-state index contributed by atoms with van der Waals surface area (Å²) in [5.41, 5.74) is 2.02. The maximum atomic E-state index is 14.2. The number of anilines is 2. The van der Waals surface area contributed by atoms with Crippen molar-refractivity contribution in [1.82, 2.24) is 0 Å². The van der Waals surface area contributed by atoms with Gasteiger partial charge in [-0.3, -0.25) is 14.5 Å². The number of nitrogens with zero attached hydrogens (tertiary/aromatic N) is 2. The molecule has 0 bridgehead atoms. The molecule has 3 aromatic rings. The molecule has 0 saturated carbocycles. The fraction of sp³-hybridized carbons (Fsp3) is 0.267. The number of hydrogen-bond donors (Lipinski definition) is 1. The van der Waals surface area contributed by atoms with Gasteiger partial charge in [0.25, 0.3) is 11.7 Å². The Morgan fingerprint density at radius 1 is 0.947 bits per heavy atom. The molecule has 1 unspecified atom stereocenters. The van der Waals surface area contributed by atoms with Crippen molar-refractivity contribution in [3.8, 4) is 5.75 Å². The number of aliphatic hydroxyl groups is 1. The maximum Gasteiger partial charge on any atom is 0.300 e. The molecular weight excluding hydrogens is 490 g/mol. The molecule has 0 radical (unpaired) electrons. The third-order valence-corrected chi connectivity index (χ3v) is 6.63. The molecule has 0 aliphatic carbocycles. The molecule has 1 heterocycles. The Kier molecular flexibility index (Phi) is 7.02. The van der Waals surface area contributed by atoms with Crippen molar-refractivity contribution < 1.29 is 28.2 Å². The van der Waals surface area contributed by atoms with Gasteiger partial charge in [0.1, 0.15) is 11.5 Å². The number of halogens is 2. The van der Waals surface area contributed by atoms with Gasteiger partial charge in [-0.25, -0.2) is 8.78 Å². The fourth-order valence-corrected chi connectivity index (χ4v) is 4.60. The molecule has 1 atom stereocenters. The average molecular weight is 521 g/mol. The number of aliphatic hydroxyl groups excluding tert-OH is 1. The molecule has 0 spiro atoms. The third kappa shape index (κ3) is 4.74. The number of methoxy groups -OCH3 is 1. The number of amides is 1. The molecule has 38 heavy (non-hydrogen) atoms. The zero-order chi connectivity index (χ0) is 27.9. The first-order chi connectivity index (χ1) is 17.8. The molecule has 0 aromatic heterocycles. The highest BCUT2D eigenvalue weighted by Crippen LogP contribution is 2.43. The molecule has 4 rings (SSSR count). The Morgan fingerprint density at radius 3 is 2.16 bits per heavy atom. The van der Waals surface area contributed by atoms with Gasteiger partial charge in [0, 0.05) is 42.7 Å². The topological polar surface area (TPSA) is 70.1 Å². The van der Waals surface area contributed by atoms with Gasteiger partial charge in [-0.2, -0.15) is 0 Å². The summed E-state index contributed by atoms with van der Waals surface area (Å²) in [6, 6.07) is 14.1. The Hall–Kier alpha value is -4.20. The minimum absolute atomic E-state index is 0.00292. The fourth-order valence-electron chi connectivity index (χ4n) is 4.60. The third-order valence-electron chi connectivity index (χ3n) is 6.63. The first kappa shape index (κ1) is 26.9. The lowest BCUT2D eigenvalue weighted by Crippen LogP contribution is -2.29. The highest BCUT2D eigenvalue weighted by Gasteiger charge is 2.47. The maximum absolute atomic E-state index is 14.2. The molecule has 1 saturated heterocycles. The van der Waals surface area contributed by atoms with Crippen LogP contribution in [-0.4, -0.2) is 38.0 Å². The average Bonchev–Trinajstić information content (AvgIpc) is 3.14. The van der Waals surface area contributed by atoms with E-state index in [1.807, 2.05) is 51.9 Å². The van der Waals surface area contributed by atoms with Crippen molar-refractivity contribution in [3.05, 3.63) is 94.6 Å². The summed E-state index contributed by atoms with van der Waals surface area (Å²) in [5, 5.41) is 11.5. The van der Waals surface area contributed by atoms with Crippen LogP contribution < -0.4 is 14.5 Å². The van der Waals surface area contributed by atoms with Crippen LogP contribution in [-0.2, 0) is 15.0 Å². The number of carbonyl (C=O) groups is 2. The smallest absolute Gasteiger partial charge is 0.300 e. The zero-order valence-corrected chi connectivity index (χ0v) is 22.2.